The van der Waals surface area contributed by atoms with E-state index in [2.05, 4.69) is 39.1 Å². The molecule has 0 spiro atoms. The maximum atomic E-state index is 13.2. The molecule has 0 aliphatic carbocycles. The van der Waals surface area contributed by atoms with E-state index in [1.54, 1.807) is 9.58 Å². The van der Waals surface area contributed by atoms with E-state index in [-0.39, 0.29) is 36.1 Å². The van der Waals surface area contributed by atoms with Crippen LogP contribution >= 0.6 is 0 Å². The van der Waals surface area contributed by atoms with Gasteiger partial charge in [0.05, 0.1) is 24.3 Å². The molecule has 3 rings (SSSR count). The largest absolute Gasteiger partial charge is 0.333 e. The molecule has 0 aliphatic rings. The smallest absolute Gasteiger partial charge is 0.245 e. The predicted octanol–water partition coefficient (Wildman–Crippen LogP) is 5.45. The van der Waals surface area contributed by atoms with Crippen LogP contribution in [0.15, 0.2) is 54.6 Å². The molecule has 0 saturated heterocycles. The fourth-order valence-corrected chi connectivity index (χ4v) is 4.00. The maximum Gasteiger partial charge on any atom is 0.245 e. The number of aromatic nitrogens is 2. The number of carbonyl (C=O) groups is 2. The first-order valence-corrected chi connectivity index (χ1v) is 12.2. The molecule has 0 unspecified atom stereocenters. The van der Waals surface area contributed by atoms with E-state index < -0.39 is 0 Å². The van der Waals surface area contributed by atoms with Gasteiger partial charge in [0.1, 0.15) is 5.82 Å². The number of hydrogen-bond donors (Lipinski definition) is 1. The minimum atomic E-state index is -0.238. The van der Waals surface area contributed by atoms with Crippen LogP contribution in [-0.4, -0.2) is 39.6 Å². The van der Waals surface area contributed by atoms with Crippen molar-refractivity contribution in [2.45, 2.75) is 60.3 Å². The van der Waals surface area contributed by atoms with Crippen molar-refractivity contribution in [2.24, 2.45) is 5.92 Å². The fraction of sp³-hybridized carbons (Fsp3) is 0.414. The summed E-state index contributed by atoms with van der Waals surface area (Å²) < 4.78 is 1.80. The van der Waals surface area contributed by atoms with Crippen LogP contribution in [0.3, 0.4) is 0 Å². The Bertz CT molecular complexity index is 1170. The normalized spacial score (nSPS) is 11.5. The first kappa shape index (κ1) is 26.2. The molecule has 0 fully saturated rings. The number of nitrogens with one attached hydrogen (secondary N) is 1. The van der Waals surface area contributed by atoms with E-state index in [0.717, 1.165) is 22.5 Å². The number of carbonyl (C=O) groups excluding carboxylic acids is 2. The molecule has 1 N–H and O–H groups in total. The number of aryl methyl sites for hydroxylation is 2. The van der Waals surface area contributed by atoms with Crippen molar-refractivity contribution in [1.82, 2.24) is 14.7 Å². The molecule has 6 heteroatoms. The third-order valence-electron chi connectivity index (χ3n) is 5.80. The van der Waals surface area contributed by atoms with Gasteiger partial charge in [-0.25, -0.2) is 4.68 Å². The molecule has 0 aliphatic heterocycles. The van der Waals surface area contributed by atoms with Gasteiger partial charge >= 0.3 is 0 Å². The number of hydrogen-bond acceptors (Lipinski definition) is 3. The van der Waals surface area contributed by atoms with Gasteiger partial charge in [-0.3, -0.25) is 9.59 Å². The quantitative estimate of drug-likeness (QED) is 0.472. The molecule has 0 atom stereocenters. The molecule has 2 aromatic carbocycles. The van der Waals surface area contributed by atoms with Crippen molar-refractivity contribution < 1.29 is 9.59 Å². The van der Waals surface area contributed by atoms with E-state index in [4.69, 9.17) is 5.10 Å². The van der Waals surface area contributed by atoms with Crippen LogP contribution in [0, 0.1) is 19.8 Å². The van der Waals surface area contributed by atoms with Crippen LogP contribution in [0.4, 0.5) is 5.82 Å². The molecule has 35 heavy (non-hydrogen) atoms. The second kappa shape index (κ2) is 10.9. The molecule has 2 amide bonds. The van der Waals surface area contributed by atoms with E-state index >= 15 is 0 Å². The second-order valence-corrected chi connectivity index (χ2v) is 10.7. The lowest BCUT2D eigenvalue weighted by Crippen LogP contribution is -2.41. The summed E-state index contributed by atoms with van der Waals surface area (Å²) in [6.45, 7) is 15.0. The Labute approximate surface area is 209 Å². The second-order valence-electron chi connectivity index (χ2n) is 10.7. The van der Waals surface area contributed by atoms with E-state index in [0.29, 0.717) is 12.4 Å². The summed E-state index contributed by atoms with van der Waals surface area (Å²) in [5, 5.41) is 7.87. The van der Waals surface area contributed by atoms with Gasteiger partial charge in [-0.15, -0.1) is 0 Å². The van der Waals surface area contributed by atoms with E-state index in [1.165, 1.54) is 5.56 Å². The highest BCUT2D eigenvalue weighted by Crippen LogP contribution is 2.27. The molecular formula is C29H38N4O2. The molecule has 1 aromatic heterocycles. The van der Waals surface area contributed by atoms with Crippen molar-refractivity contribution in [1.29, 1.82) is 0 Å². The third-order valence-corrected chi connectivity index (χ3v) is 5.80. The summed E-state index contributed by atoms with van der Waals surface area (Å²) in [7, 11) is 0. The Hall–Kier alpha value is -3.41. The summed E-state index contributed by atoms with van der Waals surface area (Å²) >= 11 is 0. The lowest BCUT2D eigenvalue weighted by Gasteiger charge is -2.24. The van der Waals surface area contributed by atoms with Crippen molar-refractivity contribution in [2.75, 3.05) is 18.4 Å². The van der Waals surface area contributed by atoms with Gasteiger partial charge in [-0.2, -0.15) is 5.10 Å². The van der Waals surface area contributed by atoms with Crippen LogP contribution < -0.4 is 5.32 Å². The third kappa shape index (κ3) is 7.04. The van der Waals surface area contributed by atoms with Gasteiger partial charge in [0.15, 0.2) is 0 Å². The minimum Gasteiger partial charge on any atom is -0.333 e. The number of amides is 2. The molecule has 0 radical (unpaired) electrons. The molecule has 0 saturated carbocycles. The zero-order chi connectivity index (χ0) is 25.8. The monoisotopic (exact) mass is 474 g/mol. The van der Waals surface area contributed by atoms with Crippen molar-refractivity contribution in [3.8, 4) is 5.69 Å². The lowest BCUT2D eigenvalue weighted by molar-refractivity contribution is -0.134. The van der Waals surface area contributed by atoms with Crippen LogP contribution in [0.2, 0.25) is 0 Å². The van der Waals surface area contributed by atoms with Crippen LogP contribution in [-0.2, 0) is 21.4 Å². The Kier molecular flexibility index (Phi) is 8.15. The molecule has 186 valence electrons. The van der Waals surface area contributed by atoms with Crippen LogP contribution in [0.5, 0.6) is 0 Å². The van der Waals surface area contributed by atoms with Crippen molar-refractivity contribution in [3.63, 3.8) is 0 Å². The molecule has 1 heterocycles. The SMILES string of the molecule is Cc1ccc(-n2nc(C(C)(C)C)cc2NC(=O)CN(CC(C)C)C(=O)Cc2ccccc2)c(C)c1. The summed E-state index contributed by atoms with van der Waals surface area (Å²) in [4.78, 5) is 27.9. The number of benzene rings is 2. The Morgan fingerprint density at radius 1 is 1.03 bits per heavy atom. The fourth-order valence-electron chi connectivity index (χ4n) is 4.00. The van der Waals surface area contributed by atoms with E-state index in [9.17, 15) is 9.59 Å². The molecular weight excluding hydrogens is 436 g/mol. The van der Waals surface area contributed by atoms with Gasteiger partial charge in [-0.05, 0) is 37.0 Å². The minimum absolute atomic E-state index is 0.00718. The average Bonchev–Trinajstić information content (AvgIpc) is 3.17. The average molecular weight is 475 g/mol. The molecule has 0 bridgehead atoms. The first-order chi connectivity index (χ1) is 16.4. The Morgan fingerprint density at radius 3 is 2.31 bits per heavy atom. The Balaban J connectivity index is 1.85. The highest BCUT2D eigenvalue weighted by atomic mass is 16.2. The van der Waals surface area contributed by atoms with Crippen LogP contribution in [0.25, 0.3) is 5.69 Å². The van der Waals surface area contributed by atoms with Gasteiger partial charge < -0.3 is 10.2 Å². The zero-order valence-electron chi connectivity index (χ0n) is 22.1. The summed E-state index contributed by atoms with van der Waals surface area (Å²) in [6, 6.07) is 17.7. The number of rotatable bonds is 8. The number of nitrogens with zero attached hydrogens (tertiary/aromatic N) is 3. The summed E-state index contributed by atoms with van der Waals surface area (Å²) in [5.41, 5.74) is 4.80. The van der Waals surface area contributed by atoms with Gasteiger partial charge in [0.25, 0.3) is 0 Å². The van der Waals surface area contributed by atoms with Gasteiger partial charge in [0, 0.05) is 18.0 Å². The zero-order valence-corrected chi connectivity index (χ0v) is 22.1. The predicted molar refractivity (Wildman–Crippen MR) is 142 cm³/mol. The van der Waals surface area contributed by atoms with Crippen molar-refractivity contribution in [3.05, 3.63) is 77.0 Å². The van der Waals surface area contributed by atoms with E-state index in [1.807, 2.05) is 69.3 Å². The molecule has 6 nitrogen and oxygen atoms in total. The van der Waals surface area contributed by atoms with Crippen molar-refractivity contribution >= 4 is 17.6 Å². The highest BCUT2D eigenvalue weighted by molar-refractivity contribution is 5.94. The topological polar surface area (TPSA) is 67.2 Å². The van der Waals surface area contributed by atoms with Gasteiger partial charge in [0.2, 0.25) is 11.8 Å². The maximum absolute atomic E-state index is 13.2. The highest BCUT2D eigenvalue weighted by Gasteiger charge is 2.24. The van der Waals surface area contributed by atoms with Gasteiger partial charge in [-0.1, -0.05) is 82.6 Å². The molecule has 3 aromatic rings. The standard InChI is InChI=1S/C29H38N4O2/c1-20(2)18-32(28(35)16-23-11-9-8-10-12-23)19-27(34)30-26-17-25(29(5,6)7)31-33(26)24-14-13-21(3)15-22(24)4/h8-15,17,20H,16,18-19H2,1-7H3,(H,30,34). The summed E-state index contributed by atoms with van der Waals surface area (Å²) in [6.07, 6.45) is 0.273. The first-order valence-electron chi connectivity index (χ1n) is 12.2. The van der Waals surface area contributed by atoms with Crippen LogP contribution in [0.1, 0.15) is 57.0 Å². The lowest BCUT2D eigenvalue weighted by atomic mass is 9.92. The number of anilines is 1. The summed E-state index contributed by atoms with van der Waals surface area (Å²) in [5.74, 6) is 0.555. The Morgan fingerprint density at radius 2 is 1.71 bits per heavy atom.